The molecule has 0 aromatic rings. The maximum atomic E-state index is 10.2. The summed E-state index contributed by atoms with van der Waals surface area (Å²) >= 11 is 0. The topological polar surface area (TPSA) is 74.6 Å². The van der Waals surface area contributed by atoms with Crippen LogP contribution in [-0.2, 0) is 10.1 Å². The van der Waals surface area contributed by atoms with Gasteiger partial charge < -0.3 is 5.11 Å². The van der Waals surface area contributed by atoms with Gasteiger partial charge in [-0.15, -0.1) is 0 Å². The molecule has 192 valence electrons. The molecule has 0 saturated heterocycles. The van der Waals surface area contributed by atoms with Crippen LogP contribution in [0.3, 0.4) is 0 Å². The van der Waals surface area contributed by atoms with Crippen molar-refractivity contribution in [3.63, 3.8) is 0 Å². The highest BCUT2D eigenvalue weighted by Crippen LogP contribution is 2.67. The van der Waals surface area contributed by atoms with Crippen molar-refractivity contribution in [2.45, 2.75) is 111 Å². The first kappa shape index (κ1) is 27.2. The highest BCUT2D eigenvalue weighted by molar-refractivity contribution is 7.85. The SMILES string of the molecule is CC(C)CCC[C@@H](C)[C@H]1CC[C@H]2[C@@H]3CC=C4C[C@@H](O)CC[C@]4(C)[C@H]3CC[C@]12C.CS(=O)(=O)O. The third-order valence-corrected chi connectivity index (χ3v) is 10.3. The molecule has 33 heavy (non-hydrogen) atoms. The van der Waals surface area contributed by atoms with Crippen LogP contribution in [0.4, 0.5) is 0 Å². The summed E-state index contributed by atoms with van der Waals surface area (Å²) in [6, 6.07) is 0. The van der Waals surface area contributed by atoms with E-state index in [4.69, 9.17) is 4.55 Å². The quantitative estimate of drug-likeness (QED) is 0.330. The summed E-state index contributed by atoms with van der Waals surface area (Å²) in [6.07, 6.45) is 17.9. The lowest BCUT2D eigenvalue weighted by Gasteiger charge is -2.58. The monoisotopic (exact) mass is 482 g/mol. The van der Waals surface area contributed by atoms with Crippen LogP contribution < -0.4 is 0 Å². The molecule has 3 saturated carbocycles. The van der Waals surface area contributed by atoms with Crippen molar-refractivity contribution in [3.05, 3.63) is 11.6 Å². The third kappa shape index (κ3) is 6.06. The molecular formula is C28H50O4S. The summed E-state index contributed by atoms with van der Waals surface area (Å²) in [5.74, 6) is 5.46. The predicted octanol–water partition coefficient (Wildman–Crippen LogP) is 6.89. The van der Waals surface area contributed by atoms with E-state index in [0.29, 0.717) is 17.1 Å². The second-order valence-electron chi connectivity index (χ2n) is 12.9. The van der Waals surface area contributed by atoms with E-state index in [0.717, 1.165) is 48.3 Å². The number of aliphatic hydroxyl groups excluding tert-OH is 1. The van der Waals surface area contributed by atoms with Crippen LogP contribution in [0.15, 0.2) is 11.6 Å². The zero-order valence-corrected chi connectivity index (χ0v) is 22.8. The Hall–Kier alpha value is -0.390. The molecule has 0 aliphatic heterocycles. The van der Waals surface area contributed by atoms with Gasteiger partial charge in [0.2, 0.25) is 0 Å². The van der Waals surface area contributed by atoms with Crippen LogP contribution in [0, 0.1) is 46.3 Å². The fraction of sp³-hybridized carbons (Fsp3) is 0.929. The van der Waals surface area contributed by atoms with Gasteiger partial charge in [-0.1, -0.05) is 65.5 Å². The molecule has 4 rings (SSSR count). The van der Waals surface area contributed by atoms with Crippen LogP contribution in [0.2, 0.25) is 0 Å². The molecule has 4 aliphatic carbocycles. The Labute approximate surface area is 203 Å². The molecule has 4 aliphatic rings. The lowest BCUT2D eigenvalue weighted by atomic mass is 9.47. The second-order valence-corrected chi connectivity index (χ2v) is 14.4. The highest BCUT2D eigenvalue weighted by atomic mass is 32.2. The smallest absolute Gasteiger partial charge is 0.261 e. The maximum Gasteiger partial charge on any atom is 0.261 e. The van der Waals surface area contributed by atoms with Gasteiger partial charge in [0.15, 0.2) is 0 Å². The van der Waals surface area contributed by atoms with Gasteiger partial charge in [-0.3, -0.25) is 4.55 Å². The Morgan fingerprint density at radius 2 is 1.70 bits per heavy atom. The molecule has 0 aromatic heterocycles. The molecule has 3 fully saturated rings. The van der Waals surface area contributed by atoms with E-state index in [2.05, 4.69) is 40.7 Å². The van der Waals surface area contributed by atoms with E-state index in [1.807, 2.05) is 0 Å². The normalized spacial score (nSPS) is 41.2. The van der Waals surface area contributed by atoms with Gasteiger partial charge in [0.1, 0.15) is 0 Å². The molecule has 8 atom stereocenters. The number of allylic oxidation sites excluding steroid dienone is 1. The van der Waals surface area contributed by atoms with Crippen LogP contribution in [0.1, 0.15) is 105 Å². The Morgan fingerprint density at radius 3 is 2.33 bits per heavy atom. The van der Waals surface area contributed by atoms with E-state index in [-0.39, 0.29) is 6.10 Å². The van der Waals surface area contributed by atoms with E-state index >= 15 is 0 Å². The zero-order chi connectivity index (χ0) is 24.6. The Balaban J connectivity index is 0.000000555. The van der Waals surface area contributed by atoms with Gasteiger partial charge in [0, 0.05) is 0 Å². The van der Waals surface area contributed by atoms with Gasteiger partial charge >= 0.3 is 0 Å². The number of hydrogen-bond acceptors (Lipinski definition) is 3. The van der Waals surface area contributed by atoms with Crippen molar-refractivity contribution < 1.29 is 18.1 Å². The Bertz CT molecular complexity index is 795. The second kappa shape index (κ2) is 10.3. The van der Waals surface area contributed by atoms with Gasteiger partial charge in [-0.05, 0) is 97.7 Å². The summed E-state index contributed by atoms with van der Waals surface area (Å²) < 4.78 is 25.9. The molecule has 0 amide bonds. The molecule has 2 N–H and O–H groups in total. The molecule has 0 bridgehead atoms. The summed E-state index contributed by atoms with van der Waals surface area (Å²) in [5.41, 5.74) is 2.60. The molecule has 0 spiro atoms. The van der Waals surface area contributed by atoms with Crippen molar-refractivity contribution in [3.8, 4) is 0 Å². The van der Waals surface area contributed by atoms with E-state index in [1.165, 1.54) is 57.8 Å². The Morgan fingerprint density at radius 1 is 1.03 bits per heavy atom. The zero-order valence-electron chi connectivity index (χ0n) is 22.0. The summed E-state index contributed by atoms with van der Waals surface area (Å²) in [5, 5.41) is 10.2. The fourth-order valence-electron chi connectivity index (χ4n) is 8.67. The lowest BCUT2D eigenvalue weighted by Crippen LogP contribution is -2.50. The summed E-state index contributed by atoms with van der Waals surface area (Å²) in [4.78, 5) is 0. The van der Waals surface area contributed by atoms with Crippen molar-refractivity contribution in [2.24, 2.45) is 46.3 Å². The van der Waals surface area contributed by atoms with E-state index < -0.39 is 10.1 Å². The minimum atomic E-state index is -3.67. The van der Waals surface area contributed by atoms with Crippen molar-refractivity contribution in [1.82, 2.24) is 0 Å². The molecule has 4 nitrogen and oxygen atoms in total. The molecule has 5 heteroatoms. The number of aliphatic hydroxyl groups is 1. The first-order valence-corrected chi connectivity index (χ1v) is 15.4. The van der Waals surface area contributed by atoms with E-state index in [1.54, 1.807) is 5.57 Å². The van der Waals surface area contributed by atoms with E-state index in [9.17, 15) is 13.5 Å². The first-order valence-electron chi connectivity index (χ1n) is 13.6. The largest absolute Gasteiger partial charge is 0.393 e. The Kier molecular flexibility index (Phi) is 8.49. The minimum absolute atomic E-state index is 0.0766. The molecule has 0 radical (unpaired) electrons. The van der Waals surface area contributed by atoms with Crippen LogP contribution in [0.25, 0.3) is 0 Å². The van der Waals surface area contributed by atoms with Crippen molar-refractivity contribution >= 4 is 10.1 Å². The average molecular weight is 483 g/mol. The van der Waals surface area contributed by atoms with Gasteiger partial charge in [0.05, 0.1) is 12.4 Å². The van der Waals surface area contributed by atoms with Gasteiger partial charge in [-0.2, -0.15) is 8.42 Å². The van der Waals surface area contributed by atoms with Crippen LogP contribution >= 0.6 is 0 Å². The number of rotatable bonds is 5. The minimum Gasteiger partial charge on any atom is -0.393 e. The maximum absolute atomic E-state index is 10.2. The molecule has 0 unspecified atom stereocenters. The summed E-state index contributed by atoms with van der Waals surface area (Å²) in [7, 11) is -3.67. The van der Waals surface area contributed by atoms with Crippen LogP contribution in [0.5, 0.6) is 0 Å². The fourth-order valence-corrected chi connectivity index (χ4v) is 8.67. The third-order valence-electron chi connectivity index (χ3n) is 10.3. The molecule has 0 heterocycles. The van der Waals surface area contributed by atoms with Gasteiger partial charge in [-0.25, -0.2) is 0 Å². The average Bonchev–Trinajstić information content (AvgIpc) is 3.04. The van der Waals surface area contributed by atoms with Crippen molar-refractivity contribution in [2.75, 3.05) is 6.26 Å². The highest BCUT2D eigenvalue weighted by Gasteiger charge is 2.59. The molecular weight excluding hydrogens is 432 g/mol. The molecule has 0 aromatic carbocycles. The number of hydrogen-bond donors (Lipinski definition) is 2. The number of fused-ring (bicyclic) bond motifs is 5. The van der Waals surface area contributed by atoms with Gasteiger partial charge in [0.25, 0.3) is 10.1 Å². The summed E-state index contributed by atoms with van der Waals surface area (Å²) in [6.45, 7) is 12.6. The first-order chi connectivity index (χ1) is 15.3. The lowest BCUT2D eigenvalue weighted by molar-refractivity contribution is -0.0573. The van der Waals surface area contributed by atoms with Crippen molar-refractivity contribution in [1.29, 1.82) is 0 Å². The predicted molar refractivity (Wildman–Crippen MR) is 137 cm³/mol. The standard InChI is InChI=1S/C27H46O.CH4O3S/c1-18(2)7-6-8-19(3)23-11-12-24-22-10-9-20-17-21(28)13-15-26(20,4)25(22)14-16-27(23,24)5;1-5(2,3)4/h9,18-19,21-25,28H,6-8,10-17H2,1-5H3;1H3,(H,2,3,4)/t19-,21+,22+,23-,24+,25+,26+,27-;/m1./s1. The van der Waals surface area contributed by atoms with Crippen LogP contribution in [-0.4, -0.2) is 30.4 Å².